The van der Waals surface area contributed by atoms with E-state index >= 15 is 0 Å². The van der Waals surface area contributed by atoms with Gasteiger partial charge in [0.15, 0.2) is 9.84 Å². The predicted molar refractivity (Wildman–Crippen MR) is 69.7 cm³/mol. The van der Waals surface area contributed by atoms with E-state index in [1.54, 1.807) is 6.07 Å². The average molecular weight is 271 g/mol. The molecule has 2 rings (SSSR count). The maximum absolute atomic E-state index is 13.0. The molecule has 100 valence electrons. The molecule has 1 aromatic rings. The van der Waals surface area contributed by atoms with E-state index in [9.17, 15) is 12.8 Å². The largest absolute Gasteiger partial charge is 0.306 e. The monoisotopic (exact) mass is 271 g/mol. The molecule has 1 saturated heterocycles. The van der Waals surface area contributed by atoms with Gasteiger partial charge in [0.2, 0.25) is 0 Å². The van der Waals surface area contributed by atoms with Crippen molar-refractivity contribution in [1.82, 2.24) is 5.32 Å². The molecule has 5 heteroatoms. The van der Waals surface area contributed by atoms with Crippen LogP contribution in [0.3, 0.4) is 0 Å². The summed E-state index contributed by atoms with van der Waals surface area (Å²) in [6.07, 6.45) is 0.634. The van der Waals surface area contributed by atoms with Crippen LogP contribution in [0.4, 0.5) is 4.39 Å². The van der Waals surface area contributed by atoms with Crippen molar-refractivity contribution in [2.24, 2.45) is 0 Å². The highest BCUT2D eigenvalue weighted by Gasteiger charge is 2.37. The van der Waals surface area contributed by atoms with Gasteiger partial charge in [-0.05, 0) is 43.5 Å². The van der Waals surface area contributed by atoms with E-state index in [4.69, 9.17) is 0 Å². The van der Waals surface area contributed by atoms with Crippen LogP contribution in [0.1, 0.15) is 24.5 Å². The van der Waals surface area contributed by atoms with Crippen molar-refractivity contribution in [3.63, 3.8) is 0 Å². The van der Waals surface area contributed by atoms with Gasteiger partial charge in [-0.15, -0.1) is 0 Å². The third-order valence-electron chi connectivity index (χ3n) is 3.51. The lowest BCUT2D eigenvalue weighted by atomic mass is 10.0. The van der Waals surface area contributed by atoms with E-state index in [0.29, 0.717) is 13.0 Å². The molecule has 1 aromatic carbocycles. The molecule has 1 aliphatic rings. The fraction of sp³-hybridized carbons (Fsp3) is 0.538. The van der Waals surface area contributed by atoms with Crippen LogP contribution < -0.4 is 5.32 Å². The summed E-state index contributed by atoms with van der Waals surface area (Å²) >= 11 is 0. The van der Waals surface area contributed by atoms with Crippen LogP contribution in [0.15, 0.2) is 18.2 Å². The summed E-state index contributed by atoms with van der Waals surface area (Å²) in [7, 11) is -2.90. The summed E-state index contributed by atoms with van der Waals surface area (Å²) in [6.45, 7) is 4.35. The first-order chi connectivity index (χ1) is 8.30. The highest BCUT2D eigenvalue weighted by atomic mass is 32.2. The fourth-order valence-corrected chi connectivity index (χ4v) is 4.44. The zero-order chi connectivity index (χ0) is 13.4. The lowest BCUT2D eigenvalue weighted by Gasteiger charge is -2.24. The zero-order valence-corrected chi connectivity index (χ0v) is 11.5. The molecule has 1 N–H and O–H groups in total. The van der Waals surface area contributed by atoms with Gasteiger partial charge in [0.25, 0.3) is 0 Å². The summed E-state index contributed by atoms with van der Waals surface area (Å²) in [5, 5.41) is 3.29. The van der Waals surface area contributed by atoms with Crippen molar-refractivity contribution in [3.8, 4) is 0 Å². The number of benzene rings is 1. The minimum Gasteiger partial charge on any atom is -0.306 e. The Bertz CT molecular complexity index is 556. The first-order valence-electron chi connectivity index (χ1n) is 6.00. The van der Waals surface area contributed by atoms with E-state index in [1.807, 2.05) is 13.8 Å². The maximum atomic E-state index is 13.0. The Kier molecular flexibility index (Phi) is 3.47. The number of sulfone groups is 1. The van der Waals surface area contributed by atoms with Crippen molar-refractivity contribution in [1.29, 1.82) is 0 Å². The molecule has 0 aromatic heterocycles. The molecule has 0 radical (unpaired) electrons. The molecule has 1 fully saturated rings. The van der Waals surface area contributed by atoms with E-state index in [2.05, 4.69) is 5.32 Å². The topological polar surface area (TPSA) is 46.2 Å². The molecule has 18 heavy (non-hydrogen) atoms. The number of nitrogens with one attached hydrogen (secondary N) is 1. The van der Waals surface area contributed by atoms with Gasteiger partial charge in [0.1, 0.15) is 5.82 Å². The first-order valence-corrected chi connectivity index (χ1v) is 7.82. The molecule has 3 nitrogen and oxygen atoms in total. The number of aryl methyl sites for hydroxylation is 1. The van der Waals surface area contributed by atoms with E-state index in [-0.39, 0.29) is 22.9 Å². The minimum absolute atomic E-state index is 0.181. The fourth-order valence-electron chi connectivity index (χ4n) is 2.32. The molecular weight excluding hydrogens is 253 g/mol. The van der Waals surface area contributed by atoms with Gasteiger partial charge in [-0.25, -0.2) is 12.8 Å². The zero-order valence-electron chi connectivity index (χ0n) is 10.7. The molecule has 1 heterocycles. The van der Waals surface area contributed by atoms with E-state index < -0.39 is 9.84 Å². The van der Waals surface area contributed by atoms with Crippen LogP contribution in [0.2, 0.25) is 0 Å². The summed E-state index contributed by atoms with van der Waals surface area (Å²) in [5.74, 6) is 0.185. The molecule has 0 bridgehead atoms. The third-order valence-corrected chi connectivity index (χ3v) is 5.42. The minimum atomic E-state index is -2.90. The van der Waals surface area contributed by atoms with Gasteiger partial charge in [-0.3, -0.25) is 0 Å². The SMILES string of the molecule is Cc1cc(F)ccc1CNC1(C)CCS(=O)(=O)C1. The first kappa shape index (κ1) is 13.5. The number of halogens is 1. The van der Waals surface area contributed by atoms with E-state index in [0.717, 1.165) is 11.1 Å². The molecular formula is C13H18FNO2S. The van der Waals surface area contributed by atoms with Gasteiger partial charge in [0, 0.05) is 12.1 Å². The molecule has 1 aliphatic heterocycles. The van der Waals surface area contributed by atoms with Crippen LogP contribution in [0, 0.1) is 12.7 Å². The van der Waals surface area contributed by atoms with Gasteiger partial charge in [-0.1, -0.05) is 6.07 Å². The quantitative estimate of drug-likeness (QED) is 0.912. The van der Waals surface area contributed by atoms with Gasteiger partial charge in [0.05, 0.1) is 11.5 Å². The number of rotatable bonds is 3. The Morgan fingerprint density at radius 2 is 2.17 bits per heavy atom. The summed E-state index contributed by atoms with van der Waals surface area (Å²) in [6, 6.07) is 4.66. The molecule has 0 saturated carbocycles. The highest BCUT2D eigenvalue weighted by molar-refractivity contribution is 7.91. The molecule has 0 spiro atoms. The molecule has 0 amide bonds. The number of hydrogen-bond donors (Lipinski definition) is 1. The van der Waals surface area contributed by atoms with Crippen LogP contribution in [0.25, 0.3) is 0 Å². The van der Waals surface area contributed by atoms with Crippen molar-refractivity contribution >= 4 is 9.84 Å². The van der Waals surface area contributed by atoms with Crippen molar-refractivity contribution < 1.29 is 12.8 Å². The average Bonchev–Trinajstić information content (AvgIpc) is 2.52. The Labute approximate surface area is 107 Å². The van der Waals surface area contributed by atoms with E-state index in [1.165, 1.54) is 12.1 Å². The highest BCUT2D eigenvalue weighted by Crippen LogP contribution is 2.23. The Morgan fingerprint density at radius 3 is 2.72 bits per heavy atom. The van der Waals surface area contributed by atoms with Crippen LogP contribution in [0.5, 0.6) is 0 Å². The maximum Gasteiger partial charge on any atom is 0.152 e. The van der Waals surface area contributed by atoms with Gasteiger partial charge >= 0.3 is 0 Å². The summed E-state index contributed by atoms with van der Waals surface area (Å²) < 4.78 is 35.9. The van der Waals surface area contributed by atoms with Gasteiger partial charge in [-0.2, -0.15) is 0 Å². The standard InChI is InChI=1S/C13H18FNO2S/c1-10-7-12(14)4-3-11(10)8-15-13(2)5-6-18(16,17)9-13/h3-4,7,15H,5-6,8-9H2,1-2H3. The Morgan fingerprint density at radius 1 is 1.44 bits per heavy atom. The van der Waals surface area contributed by atoms with Crippen LogP contribution >= 0.6 is 0 Å². The second kappa shape index (κ2) is 4.63. The second-order valence-electron chi connectivity index (χ2n) is 5.33. The normalized spacial score (nSPS) is 26.4. The lowest BCUT2D eigenvalue weighted by molar-refractivity contribution is 0.395. The third kappa shape index (κ3) is 3.09. The number of hydrogen-bond acceptors (Lipinski definition) is 3. The Hall–Kier alpha value is -0.940. The summed E-state index contributed by atoms with van der Waals surface area (Å²) in [4.78, 5) is 0. The molecule has 1 atom stereocenters. The second-order valence-corrected chi connectivity index (χ2v) is 7.51. The van der Waals surface area contributed by atoms with Crippen molar-refractivity contribution in [3.05, 3.63) is 35.1 Å². The van der Waals surface area contributed by atoms with Crippen LogP contribution in [-0.4, -0.2) is 25.5 Å². The van der Waals surface area contributed by atoms with Crippen molar-refractivity contribution in [2.45, 2.75) is 32.4 Å². The lowest BCUT2D eigenvalue weighted by Crippen LogP contribution is -2.42. The molecule has 1 unspecified atom stereocenters. The van der Waals surface area contributed by atoms with Crippen LogP contribution in [-0.2, 0) is 16.4 Å². The molecule has 0 aliphatic carbocycles. The van der Waals surface area contributed by atoms with Gasteiger partial charge < -0.3 is 5.32 Å². The summed E-state index contributed by atoms with van der Waals surface area (Å²) in [5.41, 5.74) is 1.52. The Balaban J connectivity index is 2.04. The smallest absolute Gasteiger partial charge is 0.152 e. The predicted octanol–water partition coefficient (Wildman–Crippen LogP) is 1.80. The van der Waals surface area contributed by atoms with Crippen molar-refractivity contribution in [2.75, 3.05) is 11.5 Å².